The summed E-state index contributed by atoms with van der Waals surface area (Å²) >= 11 is 0. The number of likely N-dealkylation sites (tertiary alicyclic amines) is 1. The van der Waals surface area contributed by atoms with E-state index >= 15 is 0 Å². The Balaban J connectivity index is 1.44. The van der Waals surface area contributed by atoms with E-state index in [9.17, 15) is 4.79 Å². The largest absolute Gasteiger partial charge is 0.381 e. The van der Waals surface area contributed by atoms with E-state index in [0.29, 0.717) is 17.9 Å². The minimum absolute atomic E-state index is 0.0820. The zero-order valence-corrected chi connectivity index (χ0v) is 15.2. The maximum absolute atomic E-state index is 12.5. The van der Waals surface area contributed by atoms with Gasteiger partial charge in [0.05, 0.1) is 5.69 Å². The van der Waals surface area contributed by atoms with Crippen LogP contribution in [-0.4, -0.2) is 53.6 Å². The molecule has 1 aromatic heterocycles. The molecule has 2 fully saturated rings. The van der Waals surface area contributed by atoms with Crippen molar-refractivity contribution in [2.45, 2.75) is 46.6 Å². The molecule has 1 aromatic rings. The number of hydrogen-bond acceptors (Lipinski definition) is 3. The lowest BCUT2D eigenvalue weighted by Gasteiger charge is -2.33. The third kappa shape index (κ3) is 3.91. The topological polar surface area (TPSA) is 59.4 Å². The summed E-state index contributed by atoms with van der Waals surface area (Å²) in [7, 11) is 0. The normalized spacial score (nSPS) is 21.2. The third-order valence-corrected chi connectivity index (χ3v) is 5.47. The number of aryl methyl sites for hydroxylation is 2. The van der Waals surface area contributed by atoms with Crippen molar-refractivity contribution in [1.82, 2.24) is 20.0 Å². The number of nitrogens with one attached hydrogen (secondary N) is 1. The van der Waals surface area contributed by atoms with Gasteiger partial charge in [0, 0.05) is 45.1 Å². The molecule has 0 bridgehead atoms. The van der Waals surface area contributed by atoms with Gasteiger partial charge in [0.15, 0.2) is 0 Å². The highest BCUT2D eigenvalue weighted by molar-refractivity contribution is 5.74. The number of carbonyl (C=O) groups excluding carboxylic acids is 1. The van der Waals surface area contributed by atoms with Gasteiger partial charge >= 0.3 is 6.03 Å². The van der Waals surface area contributed by atoms with Gasteiger partial charge in [-0.25, -0.2) is 4.79 Å². The number of urea groups is 1. The molecule has 1 atom stereocenters. The summed E-state index contributed by atoms with van der Waals surface area (Å²) in [6.07, 6.45) is 3.29. The second-order valence-electron chi connectivity index (χ2n) is 7.68. The van der Waals surface area contributed by atoms with Gasteiger partial charge in [-0.1, -0.05) is 6.92 Å². The molecule has 1 unspecified atom stereocenters. The quantitative estimate of drug-likeness (QED) is 0.919. The van der Waals surface area contributed by atoms with Crippen LogP contribution in [0.5, 0.6) is 0 Å². The molecule has 134 valence electrons. The highest BCUT2D eigenvalue weighted by Crippen LogP contribution is 2.39. The van der Waals surface area contributed by atoms with E-state index < -0.39 is 0 Å². The fraction of sp³-hybridized carbons (Fsp3) is 0.778. The second kappa shape index (κ2) is 7.13. The lowest BCUT2D eigenvalue weighted by molar-refractivity contribution is 0.0208. The van der Waals surface area contributed by atoms with Gasteiger partial charge in [-0.05, 0) is 50.5 Å². The molecule has 1 N–H and O–H groups in total. The van der Waals surface area contributed by atoms with Crippen molar-refractivity contribution in [1.29, 1.82) is 0 Å². The first-order valence-electron chi connectivity index (χ1n) is 9.09. The molecule has 6 heteroatoms. The molecule has 24 heavy (non-hydrogen) atoms. The Morgan fingerprint density at radius 3 is 2.79 bits per heavy atom. The summed E-state index contributed by atoms with van der Waals surface area (Å²) < 4.78 is 7.50. The Kier molecular flexibility index (Phi) is 5.13. The first-order valence-corrected chi connectivity index (χ1v) is 9.09. The molecule has 1 spiro atoms. The summed E-state index contributed by atoms with van der Waals surface area (Å²) in [5, 5.41) is 7.60. The zero-order valence-electron chi connectivity index (χ0n) is 15.2. The average molecular weight is 334 g/mol. The van der Waals surface area contributed by atoms with Gasteiger partial charge in [-0.3, -0.25) is 4.68 Å². The van der Waals surface area contributed by atoms with E-state index in [1.165, 1.54) is 5.69 Å². The van der Waals surface area contributed by atoms with Gasteiger partial charge in [0.2, 0.25) is 0 Å². The van der Waals surface area contributed by atoms with Crippen LogP contribution in [0.1, 0.15) is 37.6 Å². The first kappa shape index (κ1) is 17.3. The second-order valence-corrected chi connectivity index (χ2v) is 7.68. The maximum atomic E-state index is 12.5. The summed E-state index contributed by atoms with van der Waals surface area (Å²) in [5.74, 6) is 0.353. The lowest BCUT2D eigenvalue weighted by atomic mass is 9.80. The number of amides is 2. The molecule has 0 saturated carbocycles. The van der Waals surface area contributed by atoms with Gasteiger partial charge in [-0.2, -0.15) is 5.10 Å². The summed E-state index contributed by atoms with van der Waals surface area (Å²) in [5.41, 5.74) is 2.53. The van der Waals surface area contributed by atoms with E-state index in [0.717, 1.165) is 57.8 Å². The number of carbonyl (C=O) groups is 1. The molecule has 2 amide bonds. The van der Waals surface area contributed by atoms with Crippen molar-refractivity contribution in [3.05, 3.63) is 17.5 Å². The van der Waals surface area contributed by atoms with Crippen LogP contribution < -0.4 is 5.32 Å². The van der Waals surface area contributed by atoms with Crippen LogP contribution in [0, 0.1) is 25.2 Å². The van der Waals surface area contributed by atoms with E-state index in [1.807, 2.05) is 16.5 Å². The maximum Gasteiger partial charge on any atom is 0.317 e. The van der Waals surface area contributed by atoms with Crippen LogP contribution in [-0.2, 0) is 11.3 Å². The molecule has 2 aliphatic heterocycles. The smallest absolute Gasteiger partial charge is 0.317 e. The number of nitrogens with zero attached hydrogens (tertiary/aromatic N) is 3. The molecular weight excluding hydrogens is 304 g/mol. The number of ether oxygens (including phenoxy) is 1. The van der Waals surface area contributed by atoms with Gasteiger partial charge < -0.3 is 15.0 Å². The number of aromatic nitrogens is 2. The van der Waals surface area contributed by atoms with Crippen molar-refractivity contribution in [3.63, 3.8) is 0 Å². The van der Waals surface area contributed by atoms with Gasteiger partial charge in [0.25, 0.3) is 0 Å². The van der Waals surface area contributed by atoms with Crippen molar-refractivity contribution < 1.29 is 9.53 Å². The molecule has 0 aromatic carbocycles. The predicted molar refractivity (Wildman–Crippen MR) is 92.9 cm³/mol. The van der Waals surface area contributed by atoms with Crippen molar-refractivity contribution in [3.8, 4) is 0 Å². The minimum atomic E-state index is 0.0820. The standard InChI is InChI=1S/C18H30N4O2/c1-14(12-22-16(3)10-15(2)20-22)11-19-17(23)21-7-4-18(13-21)5-8-24-9-6-18/h10,14H,4-9,11-13H2,1-3H3,(H,19,23). The summed E-state index contributed by atoms with van der Waals surface area (Å²) in [6, 6.07) is 2.17. The monoisotopic (exact) mass is 334 g/mol. The molecule has 2 saturated heterocycles. The lowest BCUT2D eigenvalue weighted by Crippen LogP contribution is -2.42. The molecule has 3 heterocycles. The van der Waals surface area contributed by atoms with Crippen LogP contribution in [0.4, 0.5) is 4.79 Å². The van der Waals surface area contributed by atoms with Gasteiger partial charge in [0.1, 0.15) is 0 Å². The number of rotatable bonds is 4. The number of hydrogen-bond donors (Lipinski definition) is 1. The van der Waals surface area contributed by atoms with Crippen molar-refractivity contribution in [2.75, 3.05) is 32.8 Å². The fourth-order valence-corrected chi connectivity index (χ4v) is 3.91. The molecular formula is C18H30N4O2. The Morgan fingerprint density at radius 1 is 1.38 bits per heavy atom. The SMILES string of the molecule is Cc1cc(C)n(CC(C)CNC(=O)N2CCC3(CCOCC3)C2)n1. The summed E-state index contributed by atoms with van der Waals surface area (Å²) in [6.45, 7) is 11.2. The molecule has 0 aliphatic carbocycles. The Morgan fingerprint density at radius 2 is 2.12 bits per heavy atom. The Hall–Kier alpha value is -1.56. The first-order chi connectivity index (χ1) is 11.5. The highest BCUT2D eigenvalue weighted by Gasteiger charge is 2.40. The van der Waals surface area contributed by atoms with Crippen molar-refractivity contribution in [2.24, 2.45) is 11.3 Å². The van der Waals surface area contributed by atoms with Crippen LogP contribution in [0.2, 0.25) is 0 Å². The Bertz CT molecular complexity index is 578. The van der Waals surface area contributed by atoms with E-state index in [4.69, 9.17) is 4.74 Å². The Labute approximate surface area is 144 Å². The summed E-state index contributed by atoms with van der Waals surface area (Å²) in [4.78, 5) is 14.4. The third-order valence-electron chi connectivity index (χ3n) is 5.47. The predicted octanol–water partition coefficient (Wildman–Crippen LogP) is 2.35. The van der Waals surface area contributed by atoms with Crippen LogP contribution in [0.25, 0.3) is 0 Å². The van der Waals surface area contributed by atoms with Gasteiger partial charge in [-0.15, -0.1) is 0 Å². The molecule has 6 nitrogen and oxygen atoms in total. The van der Waals surface area contributed by atoms with E-state index in [1.54, 1.807) is 0 Å². The van der Waals surface area contributed by atoms with E-state index in [2.05, 4.69) is 30.3 Å². The highest BCUT2D eigenvalue weighted by atomic mass is 16.5. The van der Waals surface area contributed by atoms with Crippen molar-refractivity contribution >= 4 is 6.03 Å². The average Bonchev–Trinajstić information content (AvgIpc) is 3.09. The van der Waals surface area contributed by atoms with Crippen LogP contribution in [0.15, 0.2) is 6.07 Å². The minimum Gasteiger partial charge on any atom is -0.381 e. The molecule has 0 radical (unpaired) electrons. The van der Waals surface area contributed by atoms with Crippen LogP contribution >= 0.6 is 0 Å². The molecule has 2 aliphatic rings. The molecule has 3 rings (SSSR count). The van der Waals surface area contributed by atoms with E-state index in [-0.39, 0.29) is 6.03 Å². The fourth-order valence-electron chi connectivity index (χ4n) is 3.91. The zero-order chi connectivity index (χ0) is 17.2. The van der Waals surface area contributed by atoms with Crippen LogP contribution in [0.3, 0.4) is 0 Å².